The molecule has 2 heterocycles. The number of rotatable bonds is 4. The minimum absolute atomic E-state index is 0.500. The third-order valence-corrected chi connectivity index (χ3v) is 15.1. The zero-order valence-electron chi connectivity index (χ0n) is 36.5. The van der Waals surface area contributed by atoms with E-state index in [2.05, 4.69) is 252 Å². The summed E-state index contributed by atoms with van der Waals surface area (Å²) in [5, 5.41) is 7.58. The molecule has 2 aliphatic carbocycles. The molecule has 0 amide bonds. The zero-order valence-corrected chi connectivity index (χ0v) is 36.5. The first-order chi connectivity index (χ1) is 33.2. The van der Waals surface area contributed by atoms with E-state index in [0.29, 0.717) is 0 Å². The molecular formula is C65H40N2. The summed E-state index contributed by atoms with van der Waals surface area (Å²) in [7, 11) is 0. The third kappa shape index (κ3) is 4.94. The second-order valence-corrected chi connectivity index (χ2v) is 18.4. The van der Waals surface area contributed by atoms with Gasteiger partial charge in [-0.2, -0.15) is 0 Å². The lowest BCUT2D eigenvalue weighted by Gasteiger charge is -2.31. The van der Waals surface area contributed by atoms with E-state index >= 15 is 0 Å². The lowest BCUT2D eigenvalue weighted by atomic mass is 9.69. The summed E-state index contributed by atoms with van der Waals surface area (Å²) in [6.45, 7) is 0. The number of aromatic nitrogens is 2. The smallest absolute Gasteiger partial charge is 0.0731 e. The van der Waals surface area contributed by atoms with E-state index in [1.165, 1.54) is 133 Å². The number of fused-ring (bicyclic) bond motifs is 18. The van der Waals surface area contributed by atoms with E-state index in [-0.39, 0.29) is 0 Å². The molecule has 11 aromatic carbocycles. The number of hydrogen-bond donors (Lipinski definition) is 0. The standard InChI is InChI=1S/C65H40N2/c1-3-15-46(16-4-1)66-60-25-13-9-21-52(60)55-38-42(30-35-62(55)66)41-27-32-48-45(37-41)29-34-54-51-33-28-44(40-59(51)65(64(48)54)57-23-11-7-19-49(57)50-20-8-12-24-58(50)65)43-31-36-63-56(39-43)53-22-10-14-26-61(53)67(63)47-17-5-2-6-18-47/h1-40H. The van der Waals surface area contributed by atoms with E-state index in [1.54, 1.807) is 0 Å². The molecular weight excluding hydrogens is 809 g/mol. The lowest BCUT2D eigenvalue weighted by molar-refractivity contribution is 0.801. The lowest BCUT2D eigenvalue weighted by Crippen LogP contribution is -2.26. The van der Waals surface area contributed by atoms with Crippen LogP contribution in [0.15, 0.2) is 243 Å². The fourth-order valence-corrected chi connectivity index (χ4v) is 12.4. The van der Waals surface area contributed by atoms with Crippen LogP contribution in [0.1, 0.15) is 22.3 Å². The van der Waals surface area contributed by atoms with Crippen LogP contribution in [0.4, 0.5) is 0 Å². The fourth-order valence-electron chi connectivity index (χ4n) is 12.4. The van der Waals surface area contributed by atoms with Crippen molar-refractivity contribution in [1.29, 1.82) is 0 Å². The molecule has 0 bridgehead atoms. The normalized spacial score (nSPS) is 13.2. The second-order valence-electron chi connectivity index (χ2n) is 18.4. The summed E-state index contributed by atoms with van der Waals surface area (Å²) >= 11 is 0. The average molecular weight is 849 g/mol. The molecule has 0 N–H and O–H groups in total. The number of para-hydroxylation sites is 4. The molecule has 0 atom stereocenters. The maximum absolute atomic E-state index is 2.52. The van der Waals surface area contributed by atoms with Crippen molar-refractivity contribution in [3.05, 3.63) is 265 Å². The Morgan fingerprint density at radius 2 is 0.687 bits per heavy atom. The summed E-state index contributed by atoms with van der Waals surface area (Å²) in [6.07, 6.45) is 0. The largest absolute Gasteiger partial charge is 0.309 e. The molecule has 0 unspecified atom stereocenters. The van der Waals surface area contributed by atoms with Crippen molar-refractivity contribution in [1.82, 2.24) is 9.13 Å². The monoisotopic (exact) mass is 848 g/mol. The molecule has 310 valence electrons. The van der Waals surface area contributed by atoms with Crippen molar-refractivity contribution in [2.45, 2.75) is 5.41 Å². The highest BCUT2D eigenvalue weighted by atomic mass is 15.0. The van der Waals surface area contributed by atoms with Gasteiger partial charge < -0.3 is 9.13 Å². The van der Waals surface area contributed by atoms with E-state index in [4.69, 9.17) is 0 Å². The second kappa shape index (κ2) is 13.7. The van der Waals surface area contributed by atoms with Gasteiger partial charge in [0, 0.05) is 32.9 Å². The minimum Gasteiger partial charge on any atom is -0.309 e. The third-order valence-electron chi connectivity index (χ3n) is 15.1. The van der Waals surface area contributed by atoms with Crippen LogP contribution in [0.25, 0.3) is 110 Å². The van der Waals surface area contributed by atoms with E-state index in [9.17, 15) is 0 Å². The van der Waals surface area contributed by atoms with Gasteiger partial charge in [-0.25, -0.2) is 0 Å². The van der Waals surface area contributed by atoms with Gasteiger partial charge in [0.15, 0.2) is 0 Å². The van der Waals surface area contributed by atoms with E-state index < -0.39 is 5.41 Å². The Kier molecular flexibility index (Phi) is 7.46. The highest BCUT2D eigenvalue weighted by Crippen LogP contribution is 2.64. The van der Waals surface area contributed by atoms with Gasteiger partial charge >= 0.3 is 0 Å². The Bertz CT molecular complexity index is 4160. The molecule has 1 spiro atoms. The molecule has 2 aliphatic rings. The van der Waals surface area contributed by atoms with Crippen LogP contribution in [0, 0.1) is 0 Å². The van der Waals surface area contributed by atoms with Crippen LogP contribution < -0.4 is 0 Å². The number of hydrogen-bond acceptors (Lipinski definition) is 0. The molecule has 67 heavy (non-hydrogen) atoms. The predicted octanol–water partition coefficient (Wildman–Crippen LogP) is 16.7. The van der Waals surface area contributed by atoms with Crippen LogP contribution in [0.5, 0.6) is 0 Å². The van der Waals surface area contributed by atoms with E-state index in [1.807, 2.05) is 0 Å². The summed E-state index contributed by atoms with van der Waals surface area (Å²) in [6, 6.07) is 90.6. The minimum atomic E-state index is -0.500. The van der Waals surface area contributed by atoms with Gasteiger partial charge in [-0.3, -0.25) is 0 Å². The molecule has 15 rings (SSSR count). The van der Waals surface area contributed by atoms with Crippen molar-refractivity contribution in [2.75, 3.05) is 0 Å². The molecule has 13 aromatic rings. The first kappa shape index (κ1) is 36.6. The molecule has 0 saturated carbocycles. The topological polar surface area (TPSA) is 9.86 Å². The van der Waals surface area contributed by atoms with Gasteiger partial charge in [0.05, 0.1) is 27.5 Å². The molecule has 0 saturated heterocycles. The molecule has 0 fully saturated rings. The van der Waals surface area contributed by atoms with Crippen LogP contribution in [0.2, 0.25) is 0 Å². The SMILES string of the molecule is c1ccc(-n2c3ccccc3c3cc(-c4ccc5c(c4)C4(c6ccccc6-c6ccccc64)c4c-5ccc5cc(-c6ccc7c(c6)c6ccccc6n7-c6ccccc6)ccc45)ccc32)cc1. The Morgan fingerprint density at radius 1 is 0.254 bits per heavy atom. The first-order valence-electron chi connectivity index (χ1n) is 23.3. The highest BCUT2D eigenvalue weighted by Gasteiger charge is 2.52. The van der Waals surface area contributed by atoms with Gasteiger partial charge in [-0.1, -0.05) is 170 Å². The number of nitrogens with zero attached hydrogens (tertiary/aromatic N) is 2. The van der Waals surface area contributed by atoms with Crippen LogP contribution in [-0.4, -0.2) is 9.13 Å². The maximum Gasteiger partial charge on any atom is 0.0731 e. The first-order valence-corrected chi connectivity index (χ1v) is 23.3. The van der Waals surface area contributed by atoms with Gasteiger partial charge in [0.2, 0.25) is 0 Å². The van der Waals surface area contributed by atoms with Crippen molar-refractivity contribution >= 4 is 54.4 Å². The van der Waals surface area contributed by atoms with Crippen LogP contribution >= 0.6 is 0 Å². The average Bonchev–Trinajstić information content (AvgIpc) is 4.10. The molecule has 2 heteroatoms. The fraction of sp³-hybridized carbons (Fsp3) is 0.0154. The number of benzene rings is 11. The Labute approximate surface area is 387 Å². The Hall–Kier alpha value is -8.72. The van der Waals surface area contributed by atoms with Crippen molar-refractivity contribution < 1.29 is 0 Å². The molecule has 0 aliphatic heterocycles. The summed E-state index contributed by atoms with van der Waals surface area (Å²) < 4.78 is 4.79. The van der Waals surface area contributed by atoms with E-state index in [0.717, 1.165) is 0 Å². The summed E-state index contributed by atoms with van der Waals surface area (Å²) in [4.78, 5) is 0. The van der Waals surface area contributed by atoms with Crippen molar-refractivity contribution in [3.8, 4) is 55.9 Å². The predicted molar refractivity (Wildman–Crippen MR) is 280 cm³/mol. The zero-order chi connectivity index (χ0) is 43.8. The molecule has 2 nitrogen and oxygen atoms in total. The molecule has 0 radical (unpaired) electrons. The Morgan fingerprint density at radius 3 is 1.28 bits per heavy atom. The van der Waals surface area contributed by atoms with Gasteiger partial charge in [0.1, 0.15) is 0 Å². The van der Waals surface area contributed by atoms with Gasteiger partial charge in [-0.05, 0) is 150 Å². The summed E-state index contributed by atoms with van der Waals surface area (Å²) in [5.74, 6) is 0. The van der Waals surface area contributed by atoms with Crippen LogP contribution in [0.3, 0.4) is 0 Å². The Balaban J connectivity index is 0.930. The van der Waals surface area contributed by atoms with Gasteiger partial charge in [0.25, 0.3) is 0 Å². The van der Waals surface area contributed by atoms with Crippen LogP contribution in [-0.2, 0) is 5.41 Å². The maximum atomic E-state index is 2.52. The van der Waals surface area contributed by atoms with Crippen molar-refractivity contribution in [2.24, 2.45) is 0 Å². The molecule has 2 aromatic heterocycles. The quantitative estimate of drug-likeness (QED) is 0.167. The highest BCUT2D eigenvalue weighted by molar-refractivity contribution is 6.12. The van der Waals surface area contributed by atoms with Gasteiger partial charge in [-0.15, -0.1) is 0 Å². The van der Waals surface area contributed by atoms with Crippen molar-refractivity contribution in [3.63, 3.8) is 0 Å². The summed E-state index contributed by atoms with van der Waals surface area (Å²) in [5.41, 5.74) is 22.3.